The number of rotatable bonds is 3. The summed E-state index contributed by atoms with van der Waals surface area (Å²) in [6.45, 7) is 8.43. The van der Waals surface area contributed by atoms with E-state index >= 15 is 0 Å². The minimum Gasteiger partial charge on any atom is -0.411 e. The molecule has 0 atom stereocenters. The molecule has 0 saturated heterocycles. The van der Waals surface area contributed by atoms with Crippen molar-refractivity contribution in [1.82, 2.24) is 0 Å². The second kappa shape index (κ2) is 13.3. The Morgan fingerprint density at radius 2 is 1.00 bits per heavy atom. The lowest BCUT2D eigenvalue weighted by molar-refractivity contribution is -0.673. The summed E-state index contributed by atoms with van der Waals surface area (Å²) >= 11 is 0. The molecule has 0 heterocycles. The summed E-state index contributed by atoms with van der Waals surface area (Å²) in [5.74, 6) is 0. The highest BCUT2D eigenvalue weighted by Gasteiger charge is 2.57. The lowest BCUT2D eigenvalue weighted by Gasteiger charge is -2.25. The van der Waals surface area contributed by atoms with Crippen LogP contribution in [0.5, 0.6) is 0 Å². The third-order valence-electron chi connectivity index (χ3n) is 2.61. The first-order valence-corrected chi connectivity index (χ1v) is 4.85. The first-order valence-electron chi connectivity index (χ1n) is 4.85. The number of hydrogen-bond acceptors (Lipinski definition) is 6. The van der Waals surface area contributed by atoms with Crippen molar-refractivity contribution in [2.75, 3.05) is 0 Å². The first kappa shape index (κ1) is 36.5. The topological polar surface area (TPSA) is 119 Å². The molecule has 0 aromatic carbocycles. The quantitative estimate of drug-likeness (QED) is 0.356. The van der Waals surface area contributed by atoms with Crippen molar-refractivity contribution in [3.63, 3.8) is 0 Å². The predicted octanol–water partition coefficient (Wildman–Crippen LogP) is 4.50. The molecule has 0 spiro atoms. The van der Waals surface area contributed by atoms with Crippen LogP contribution in [0, 0.1) is 20.2 Å². The molecule has 0 aliphatic rings. The van der Waals surface area contributed by atoms with E-state index in [0.29, 0.717) is 5.71 Å². The Morgan fingerprint density at radius 1 is 0.857 bits per heavy atom. The van der Waals surface area contributed by atoms with Gasteiger partial charge in [-0.25, -0.2) is 0 Å². The molecule has 0 unspecified atom stereocenters. The van der Waals surface area contributed by atoms with Crippen molar-refractivity contribution in [3.8, 4) is 0 Å². The monoisotopic (exact) mass is 313 g/mol. The van der Waals surface area contributed by atoms with Crippen LogP contribution in [0.15, 0.2) is 5.16 Å². The summed E-state index contributed by atoms with van der Waals surface area (Å²) in [7, 11) is 0. The first-order chi connectivity index (χ1) is 7.41. The summed E-state index contributed by atoms with van der Waals surface area (Å²) in [6.07, 6.45) is 0. The van der Waals surface area contributed by atoms with Crippen LogP contribution in [-0.2, 0) is 0 Å². The molecule has 0 aliphatic heterocycles. The van der Waals surface area contributed by atoms with Gasteiger partial charge in [0.1, 0.15) is 0 Å². The van der Waals surface area contributed by atoms with Crippen LogP contribution in [0.3, 0.4) is 0 Å². The fourth-order valence-electron chi connectivity index (χ4n) is 0.447. The van der Waals surface area contributed by atoms with E-state index in [-0.39, 0.29) is 29.7 Å². The van der Waals surface area contributed by atoms with Gasteiger partial charge in [-0.15, -0.1) is 0 Å². The third-order valence-corrected chi connectivity index (χ3v) is 2.61. The molecule has 0 fully saturated rings. The van der Waals surface area contributed by atoms with Gasteiger partial charge in [0.2, 0.25) is 0 Å². The molecule has 8 heteroatoms. The lowest BCUT2D eigenvalue weighted by Crippen LogP contribution is -2.55. The zero-order valence-electron chi connectivity index (χ0n) is 10.9. The van der Waals surface area contributed by atoms with Gasteiger partial charge in [0.15, 0.2) is 0 Å². The van der Waals surface area contributed by atoms with E-state index in [1.54, 1.807) is 13.8 Å². The summed E-state index contributed by atoms with van der Waals surface area (Å²) in [5.41, 5.74) is -2.43. The number of oxime groups is 1. The molecule has 132 valence electrons. The predicted molar refractivity (Wildman–Crippen MR) is 89.6 cm³/mol. The lowest BCUT2D eigenvalue weighted by atomic mass is 9.84. The Morgan fingerprint density at radius 3 is 1.05 bits per heavy atom. The Labute approximate surface area is 129 Å². The van der Waals surface area contributed by atoms with Crippen molar-refractivity contribution >= 4 is 5.71 Å². The van der Waals surface area contributed by atoms with E-state index in [9.17, 15) is 20.2 Å². The van der Waals surface area contributed by atoms with Crippen LogP contribution in [0.2, 0.25) is 0 Å². The average Bonchev–Trinajstić information content (AvgIpc) is 2.17. The molecule has 0 saturated carbocycles. The van der Waals surface area contributed by atoms with E-state index in [1.807, 2.05) is 0 Å². The Balaban J connectivity index is -0.0000000552. The van der Waals surface area contributed by atoms with Gasteiger partial charge in [-0.2, -0.15) is 0 Å². The maximum atomic E-state index is 10.5. The highest BCUT2D eigenvalue weighted by molar-refractivity contribution is 5.78. The standard InChI is InChI=1S/C6H12N2O4.C3H7NO.4CH4/c1-5(2,7(9)10)6(3,4)8(11)12;1-3(2)4-5;;;;/h1-4H3;5H,1-2H3;4*1H4. The van der Waals surface area contributed by atoms with Gasteiger partial charge in [0.25, 0.3) is 11.1 Å². The normalized spacial score (nSPS) is 8.86. The minimum atomic E-state index is -1.56. The van der Waals surface area contributed by atoms with E-state index in [2.05, 4.69) is 5.16 Å². The summed E-state index contributed by atoms with van der Waals surface area (Å²) in [5, 5.41) is 31.5. The van der Waals surface area contributed by atoms with Crippen molar-refractivity contribution in [3.05, 3.63) is 20.2 Å². The van der Waals surface area contributed by atoms with Gasteiger partial charge < -0.3 is 5.21 Å². The fourth-order valence-corrected chi connectivity index (χ4v) is 0.447. The van der Waals surface area contributed by atoms with Crippen molar-refractivity contribution in [2.24, 2.45) is 5.16 Å². The van der Waals surface area contributed by atoms with Crippen LogP contribution in [0.1, 0.15) is 71.2 Å². The summed E-state index contributed by atoms with van der Waals surface area (Å²) in [6, 6.07) is 0. The number of nitrogens with zero attached hydrogens (tertiary/aromatic N) is 3. The molecule has 0 radical (unpaired) electrons. The highest BCUT2D eigenvalue weighted by Crippen LogP contribution is 2.27. The van der Waals surface area contributed by atoms with Crippen molar-refractivity contribution in [1.29, 1.82) is 0 Å². The van der Waals surface area contributed by atoms with E-state index in [4.69, 9.17) is 5.21 Å². The largest absolute Gasteiger partial charge is 0.411 e. The summed E-state index contributed by atoms with van der Waals surface area (Å²) < 4.78 is 0. The molecule has 0 rings (SSSR count). The number of hydrogen-bond donors (Lipinski definition) is 1. The molecule has 0 bridgehead atoms. The van der Waals surface area contributed by atoms with Gasteiger partial charge in [-0.05, 0) is 13.8 Å². The van der Waals surface area contributed by atoms with Gasteiger partial charge in [-0.3, -0.25) is 20.2 Å². The highest BCUT2D eigenvalue weighted by atomic mass is 16.6. The van der Waals surface area contributed by atoms with Crippen LogP contribution in [0.4, 0.5) is 0 Å². The van der Waals surface area contributed by atoms with E-state index < -0.39 is 20.9 Å². The molecular formula is C13H35N3O5. The SMILES string of the molecule is C.C.C.C.CC(C)([N+](=O)[O-])C(C)(C)[N+](=O)[O-].CC(C)=NO. The summed E-state index contributed by atoms with van der Waals surface area (Å²) in [4.78, 5) is 19.7. The van der Waals surface area contributed by atoms with Crippen molar-refractivity contribution in [2.45, 2.75) is 82.3 Å². The molecule has 0 aromatic rings. The van der Waals surface area contributed by atoms with Crippen LogP contribution < -0.4 is 0 Å². The number of nitro groups is 2. The van der Waals surface area contributed by atoms with Crippen molar-refractivity contribution < 1.29 is 15.1 Å². The molecular weight excluding hydrogens is 278 g/mol. The van der Waals surface area contributed by atoms with Gasteiger partial charge in [0, 0.05) is 37.5 Å². The smallest absolute Gasteiger partial charge is 0.284 e. The molecule has 8 nitrogen and oxygen atoms in total. The fraction of sp³-hybridized carbons (Fsp3) is 0.923. The average molecular weight is 313 g/mol. The van der Waals surface area contributed by atoms with E-state index in [0.717, 1.165) is 0 Å². The third kappa shape index (κ3) is 10.7. The maximum Gasteiger partial charge on any atom is 0.284 e. The molecule has 0 aromatic heterocycles. The van der Waals surface area contributed by atoms with Crippen LogP contribution >= 0.6 is 0 Å². The van der Waals surface area contributed by atoms with Gasteiger partial charge >= 0.3 is 0 Å². The van der Waals surface area contributed by atoms with Gasteiger partial charge in [-0.1, -0.05) is 34.9 Å². The van der Waals surface area contributed by atoms with Crippen LogP contribution in [-0.4, -0.2) is 31.8 Å². The van der Waals surface area contributed by atoms with Crippen LogP contribution in [0.25, 0.3) is 0 Å². The Kier molecular flexibility index (Phi) is 23.1. The Bertz CT molecular complexity index is 298. The second-order valence-corrected chi connectivity index (χ2v) is 4.68. The minimum absolute atomic E-state index is 0. The second-order valence-electron chi connectivity index (χ2n) is 4.68. The Hall–Kier alpha value is -1.73. The molecule has 21 heavy (non-hydrogen) atoms. The zero-order chi connectivity index (χ0) is 14.4. The molecule has 1 N–H and O–H groups in total. The van der Waals surface area contributed by atoms with Gasteiger partial charge in [0.05, 0.1) is 5.71 Å². The van der Waals surface area contributed by atoms with E-state index in [1.165, 1.54) is 27.7 Å². The molecule has 0 amide bonds. The zero-order valence-corrected chi connectivity index (χ0v) is 10.9. The molecule has 0 aliphatic carbocycles. The maximum absolute atomic E-state index is 10.5.